The van der Waals surface area contributed by atoms with Gasteiger partial charge in [-0.25, -0.2) is 4.39 Å². The van der Waals surface area contributed by atoms with Crippen LogP contribution in [0.1, 0.15) is 29.9 Å². The van der Waals surface area contributed by atoms with Gasteiger partial charge in [-0.2, -0.15) is 0 Å². The van der Waals surface area contributed by atoms with Crippen molar-refractivity contribution in [2.45, 2.75) is 31.3 Å². The minimum Gasteiger partial charge on any atom is -0.496 e. The number of methoxy groups -OCH3 is 2. The zero-order valence-corrected chi connectivity index (χ0v) is 20.7. The minimum atomic E-state index is -0.289. The monoisotopic (exact) mass is 506 g/mol. The van der Waals surface area contributed by atoms with Gasteiger partial charge in [0.2, 0.25) is 0 Å². The predicted molar refractivity (Wildman–Crippen MR) is 135 cm³/mol. The largest absolute Gasteiger partial charge is 0.496 e. The van der Waals surface area contributed by atoms with Gasteiger partial charge in [-0.3, -0.25) is 9.78 Å². The summed E-state index contributed by atoms with van der Waals surface area (Å²) in [4.78, 5) is 16.6. The normalized spacial score (nSPS) is 19.0. The Bertz CT molecular complexity index is 1070. The number of pyridine rings is 1. The lowest BCUT2D eigenvalue weighted by atomic mass is 9.86. The van der Waals surface area contributed by atoms with Crippen LogP contribution in [0.5, 0.6) is 5.75 Å². The second kappa shape index (κ2) is 12.7. The van der Waals surface area contributed by atoms with Gasteiger partial charge in [-0.15, -0.1) is 24.8 Å². The number of aromatic nitrogens is 1. The molecule has 182 valence electrons. The van der Waals surface area contributed by atoms with Crippen LogP contribution in [0, 0.1) is 11.7 Å². The smallest absolute Gasteiger partial charge is 0.309 e. The molecule has 34 heavy (non-hydrogen) atoms. The van der Waals surface area contributed by atoms with Crippen molar-refractivity contribution in [1.29, 1.82) is 0 Å². The average molecular weight is 507 g/mol. The number of hydrogen-bond donors (Lipinski definition) is 1. The van der Waals surface area contributed by atoms with E-state index < -0.39 is 0 Å². The highest BCUT2D eigenvalue weighted by molar-refractivity contribution is 5.85. The van der Waals surface area contributed by atoms with Crippen LogP contribution in [-0.2, 0) is 16.1 Å². The summed E-state index contributed by atoms with van der Waals surface area (Å²) < 4.78 is 24.1. The molecule has 0 spiro atoms. The summed E-state index contributed by atoms with van der Waals surface area (Å²) in [6.07, 6.45) is 5.13. The molecule has 0 amide bonds. The summed E-state index contributed by atoms with van der Waals surface area (Å²) in [7, 11) is 3.08. The fraction of sp³-hybridized carbons (Fsp3) is 0.308. The fourth-order valence-corrected chi connectivity index (χ4v) is 4.66. The zero-order valence-electron chi connectivity index (χ0n) is 19.1. The standard InChI is InChI=1S/C26H27FN2O3.2ClH/c1-31-24-12-7-18(19-4-3-13-28-15-19)14-20(24)16-29-23-11-10-22(26(30)32-2)25(23)17-5-8-21(27)9-6-17;;/h3-9,12-15,22-23,25,29H,10-11,16H2,1-2H3;2*1H. The lowest BCUT2D eigenvalue weighted by Gasteiger charge is -2.25. The maximum Gasteiger partial charge on any atom is 0.309 e. The van der Waals surface area contributed by atoms with E-state index in [2.05, 4.69) is 16.4 Å². The maximum absolute atomic E-state index is 13.5. The van der Waals surface area contributed by atoms with Crippen LogP contribution in [-0.4, -0.2) is 31.2 Å². The molecule has 1 aliphatic rings. The fourth-order valence-electron chi connectivity index (χ4n) is 4.66. The van der Waals surface area contributed by atoms with Crippen LogP contribution in [0.3, 0.4) is 0 Å². The van der Waals surface area contributed by atoms with Crippen molar-refractivity contribution >= 4 is 30.8 Å². The SMILES string of the molecule is COC(=O)C1CCC(NCc2cc(-c3cccnc3)ccc2OC)C1c1ccc(F)cc1.Cl.Cl. The molecule has 0 bridgehead atoms. The van der Waals surface area contributed by atoms with Crippen LogP contribution in [0.4, 0.5) is 4.39 Å². The molecule has 2 aromatic carbocycles. The zero-order chi connectivity index (χ0) is 22.5. The molecule has 0 saturated heterocycles. The molecule has 1 fully saturated rings. The first-order valence-corrected chi connectivity index (χ1v) is 10.7. The Kier molecular flexibility index (Phi) is 10.3. The second-order valence-electron chi connectivity index (χ2n) is 8.04. The number of halogens is 3. The molecule has 1 aromatic heterocycles. The second-order valence-corrected chi connectivity index (χ2v) is 8.04. The Morgan fingerprint density at radius 1 is 1.06 bits per heavy atom. The van der Waals surface area contributed by atoms with Crippen molar-refractivity contribution in [3.8, 4) is 16.9 Å². The van der Waals surface area contributed by atoms with Crippen LogP contribution >= 0.6 is 24.8 Å². The van der Waals surface area contributed by atoms with Crippen molar-refractivity contribution in [3.63, 3.8) is 0 Å². The number of nitrogens with zero attached hydrogens (tertiary/aromatic N) is 1. The Hall–Kier alpha value is -2.67. The Morgan fingerprint density at radius 2 is 1.82 bits per heavy atom. The molecule has 3 aromatic rings. The highest BCUT2D eigenvalue weighted by atomic mass is 35.5. The average Bonchev–Trinajstić information content (AvgIpc) is 3.27. The van der Waals surface area contributed by atoms with Crippen molar-refractivity contribution in [1.82, 2.24) is 10.3 Å². The molecule has 0 radical (unpaired) electrons. The lowest BCUT2D eigenvalue weighted by molar-refractivity contribution is -0.145. The van der Waals surface area contributed by atoms with E-state index in [1.807, 2.05) is 30.5 Å². The number of nitrogens with one attached hydrogen (secondary N) is 1. The Morgan fingerprint density at radius 3 is 2.47 bits per heavy atom. The van der Waals surface area contributed by atoms with Gasteiger partial charge in [0.25, 0.3) is 0 Å². The van der Waals surface area contributed by atoms with E-state index >= 15 is 0 Å². The molecule has 8 heteroatoms. The lowest BCUT2D eigenvalue weighted by Crippen LogP contribution is -2.34. The summed E-state index contributed by atoms with van der Waals surface area (Å²) in [5, 5.41) is 3.63. The van der Waals surface area contributed by atoms with E-state index in [-0.39, 0.29) is 54.5 Å². The molecular weight excluding hydrogens is 478 g/mol. The van der Waals surface area contributed by atoms with Crippen LogP contribution in [0.15, 0.2) is 67.0 Å². The van der Waals surface area contributed by atoms with Gasteiger partial charge in [0.15, 0.2) is 0 Å². The van der Waals surface area contributed by atoms with E-state index in [4.69, 9.17) is 9.47 Å². The third-order valence-electron chi connectivity index (χ3n) is 6.24. The number of ether oxygens (including phenoxy) is 2. The molecule has 1 aliphatic carbocycles. The topological polar surface area (TPSA) is 60.5 Å². The summed E-state index contributed by atoms with van der Waals surface area (Å²) in [6, 6.07) is 16.5. The van der Waals surface area contributed by atoms with Crippen molar-refractivity contribution < 1.29 is 18.7 Å². The predicted octanol–water partition coefficient (Wildman–Crippen LogP) is 5.56. The quantitative estimate of drug-likeness (QED) is 0.424. The van der Waals surface area contributed by atoms with E-state index in [0.717, 1.165) is 40.8 Å². The first-order chi connectivity index (χ1) is 15.6. The molecule has 0 aliphatic heterocycles. The summed E-state index contributed by atoms with van der Waals surface area (Å²) in [5.41, 5.74) is 4.05. The maximum atomic E-state index is 13.5. The van der Waals surface area contributed by atoms with Crippen LogP contribution in [0.25, 0.3) is 11.1 Å². The van der Waals surface area contributed by atoms with Gasteiger partial charge in [0.05, 0.1) is 20.1 Å². The number of carbonyl (C=O) groups is 1. The van der Waals surface area contributed by atoms with Crippen LogP contribution < -0.4 is 10.1 Å². The summed E-state index contributed by atoms with van der Waals surface area (Å²) >= 11 is 0. The number of benzene rings is 2. The van der Waals surface area contributed by atoms with Crippen molar-refractivity contribution in [2.75, 3.05) is 14.2 Å². The first-order valence-electron chi connectivity index (χ1n) is 10.7. The number of carbonyl (C=O) groups excluding carboxylic acids is 1. The highest BCUT2D eigenvalue weighted by Crippen LogP contribution is 2.41. The number of rotatable bonds is 7. The van der Waals surface area contributed by atoms with Crippen molar-refractivity contribution in [3.05, 3.63) is 83.9 Å². The Balaban J connectivity index is 0.00000204. The van der Waals surface area contributed by atoms with Gasteiger partial charge in [0.1, 0.15) is 11.6 Å². The highest BCUT2D eigenvalue weighted by Gasteiger charge is 2.41. The molecule has 3 unspecified atom stereocenters. The van der Waals surface area contributed by atoms with E-state index in [1.165, 1.54) is 19.2 Å². The number of hydrogen-bond acceptors (Lipinski definition) is 5. The first kappa shape index (κ1) is 27.6. The van der Waals surface area contributed by atoms with E-state index in [9.17, 15) is 9.18 Å². The third kappa shape index (κ3) is 6.06. The number of esters is 1. The molecule has 4 rings (SSSR count). The van der Waals surface area contributed by atoms with Crippen LogP contribution in [0.2, 0.25) is 0 Å². The van der Waals surface area contributed by atoms with Gasteiger partial charge in [0, 0.05) is 42.0 Å². The molecular formula is C26H29Cl2FN2O3. The van der Waals surface area contributed by atoms with Gasteiger partial charge < -0.3 is 14.8 Å². The molecule has 3 atom stereocenters. The minimum absolute atomic E-state index is 0. The molecule has 1 saturated carbocycles. The molecule has 1 N–H and O–H groups in total. The summed E-state index contributed by atoms with van der Waals surface area (Å²) in [6.45, 7) is 0.577. The third-order valence-corrected chi connectivity index (χ3v) is 6.24. The van der Waals surface area contributed by atoms with Gasteiger partial charge in [-0.05, 0) is 54.3 Å². The molecule has 1 heterocycles. The Labute approximate surface area is 211 Å². The van der Waals surface area contributed by atoms with Crippen molar-refractivity contribution in [2.24, 2.45) is 5.92 Å². The van der Waals surface area contributed by atoms with Gasteiger partial charge >= 0.3 is 5.97 Å². The van der Waals surface area contributed by atoms with Gasteiger partial charge in [-0.1, -0.05) is 24.3 Å². The summed E-state index contributed by atoms with van der Waals surface area (Å²) in [5.74, 6) is -0.0595. The molecule has 5 nitrogen and oxygen atoms in total. The van der Waals surface area contributed by atoms with E-state index in [0.29, 0.717) is 6.54 Å². The van der Waals surface area contributed by atoms with E-state index in [1.54, 1.807) is 25.4 Å².